The maximum Gasteiger partial charge on any atom is 0.113 e. The summed E-state index contributed by atoms with van der Waals surface area (Å²) in [5.74, 6) is -0.0138. The fourth-order valence-corrected chi connectivity index (χ4v) is 4.40. The minimum Gasteiger partial charge on any atom is -0.394 e. The van der Waals surface area contributed by atoms with Crippen LogP contribution in [0.3, 0.4) is 0 Å². The number of rotatable bonds is 4. The van der Waals surface area contributed by atoms with Gasteiger partial charge in [0, 0.05) is 10.9 Å². The van der Waals surface area contributed by atoms with E-state index in [0.717, 1.165) is 22.3 Å². The molecule has 5 nitrogen and oxygen atoms in total. The van der Waals surface area contributed by atoms with E-state index in [4.69, 9.17) is 16.3 Å². The van der Waals surface area contributed by atoms with E-state index in [1.165, 1.54) is 0 Å². The van der Waals surface area contributed by atoms with Crippen LogP contribution in [0.1, 0.15) is 35.6 Å². The molecule has 4 N–H and O–H groups in total. The third-order valence-corrected chi connectivity index (χ3v) is 6.30. The van der Waals surface area contributed by atoms with Gasteiger partial charge in [0.1, 0.15) is 30.5 Å². The Bertz CT molecular complexity index is 960. The summed E-state index contributed by atoms with van der Waals surface area (Å²) in [6.45, 7) is 1.60. The van der Waals surface area contributed by atoms with Gasteiger partial charge in [0.25, 0.3) is 0 Å². The first-order valence-electron chi connectivity index (χ1n) is 9.99. The Morgan fingerprint density at radius 1 is 0.900 bits per heavy atom. The van der Waals surface area contributed by atoms with Crippen LogP contribution in [0.5, 0.6) is 0 Å². The fraction of sp³-hybridized carbons (Fsp3) is 0.333. The zero-order valence-electron chi connectivity index (χ0n) is 16.5. The summed E-state index contributed by atoms with van der Waals surface area (Å²) >= 11 is 6.51. The van der Waals surface area contributed by atoms with Crippen molar-refractivity contribution in [1.82, 2.24) is 0 Å². The second kappa shape index (κ2) is 8.63. The molecule has 1 aliphatic heterocycles. The quantitative estimate of drug-likeness (QED) is 0.512. The van der Waals surface area contributed by atoms with Crippen molar-refractivity contribution in [2.75, 3.05) is 6.61 Å². The summed E-state index contributed by atoms with van der Waals surface area (Å²) in [5.41, 5.74) is 4.89. The van der Waals surface area contributed by atoms with Crippen molar-refractivity contribution in [2.24, 2.45) is 0 Å². The molecule has 0 bridgehead atoms. The van der Waals surface area contributed by atoms with Gasteiger partial charge in [-0.25, -0.2) is 0 Å². The standard InChI is InChI=1S/C24H25ClO5/c1-13(17-9-14-5-3-2-4-6-15(14)10-17)18-11-16(7-8-19(18)25)24-23(29)22(28)21(27)20(12-26)30-24/h2-11,13,20-24,26-29H,12H2,1H3/t13?,20-,21-,22+,23-,24+/m1/s1. The van der Waals surface area contributed by atoms with Crippen LogP contribution in [0.15, 0.2) is 60.7 Å². The lowest BCUT2D eigenvalue weighted by Gasteiger charge is -2.40. The molecule has 4 rings (SSSR count). The molecule has 0 spiro atoms. The van der Waals surface area contributed by atoms with Crippen molar-refractivity contribution in [3.05, 3.63) is 82.4 Å². The smallest absolute Gasteiger partial charge is 0.113 e. The van der Waals surface area contributed by atoms with Crippen molar-refractivity contribution in [3.63, 3.8) is 0 Å². The number of ether oxygens (including phenoxy) is 1. The third kappa shape index (κ3) is 3.85. The maximum absolute atomic E-state index is 10.5. The Morgan fingerprint density at radius 2 is 1.57 bits per heavy atom. The molecule has 1 aromatic carbocycles. The van der Waals surface area contributed by atoms with Crippen LogP contribution in [0.4, 0.5) is 0 Å². The summed E-state index contributed by atoms with van der Waals surface area (Å²) in [6, 6.07) is 19.7. The van der Waals surface area contributed by atoms with Crippen molar-refractivity contribution in [3.8, 4) is 11.1 Å². The number of fused-ring (bicyclic) bond motifs is 1. The average molecular weight is 429 g/mol. The van der Waals surface area contributed by atoms with Crippen LogP contribution < -0.4 is 0 Å². The number of hydrogen-bond donors (Lipinski definition) is 4. The maximum atomic E-state index is 10.5. The molecule has 1 saturated heterocycles. The first-order chi connectivity index (χ1) is 14.4. The highest BCUT2D eigenvalue weighted by Crippen LogP contribution is 2.39. The van der Waals surface area contributed by atoms with Crippen LogP contribution in [-0.2, 0) is 4.74 Å². The molecule has 1 fully saturated rings. The molecule has 3 aliphatic rings. The molecule has 0 aromatic heterocycles. The van der Waals surface area contributed by atoms with Gasteiger partial charge in [-0.15, -0.1) is 0 Å². The fourth-order valence-electron chi connectivity index (χ4n) is 4.12. The number of halogens is 1. The van der Waals surface area contributed by atoms with Crippen LogP contribution in [-0.4, -0.2) is 51.4 Å². The molecule has 1 aromatic rings. The molecule has 6 heteroatoms. The second-order valence-corrected chi connectivity index (χ2v) is 8.27. The van der Waals surface area contributed by atoms with Crippen LogP contribution in [0.25, 0.3) is 11.1 Å². The van der Waals surface area contributed by atoms with Crippen LogP contribution >= 0.6 is 11.6 Å². The minimum atomic E-state index is -1.42. The summed E-state index contributed by atoms with van der Waals surface area (Å²) in [7, 11) is 0. The van der Waals surface area contributed by atoms with Gasteiger partial charge in [-0.05, 0) is 33.9 Å². The van der Waals surface area contributed by atoms with Gasteiger partial charge in [-0.1, -0.05) is 73.1 Å². The van der Waals surface area contributed by atoms with Gasteiger partial charge in [0.2, 0.25) is 0 Å². The highest BCUT2D eigenvalue weighted by molar-refractivity contribution is 6.31. The molecule has 30 heavy (non-hydrogen) atoms. The van der Waals surface area contributed by atoms with Gasteiger partial charge in [-0.3, -0.25) is 0 Å². The van der Waals surface area contributed by atoms with E-state index in [2.05, 4.69) is 31.2 Å². The Hall–Kier alpha value is -1.99. The molecule has 0 amide bonds. The van der Waals surface area contributed by atoms with E-state index in [0.29, 0.717) is 10.6 Å². The van der Waals surface area contributed by atoms with Crippen LogP contribution in [0.2, 0.25) is 5.02 Å². The van der Waals surface area contributed by atoms with E-state index >= 15 is 0 Å². The topological polar surface area (TPSA) is 90.2 Å². The molecular weight excluding hydrogens is 404 g/mol. The molecule has 2 aliphatic carbocycles. The monoisotopic (exact) mass is 428 g/mol. The Morgan fingerprint density at radius 3 is 2.20 bits per heavy atom. The number of aliphatic hydroxyl groups excluding tert-OH is 4. The first kappa shape index (κ1) is 21.2. The SMILES string of the molecule is CC(c1cc2cccccc-2c1)c1cc([C@@H]2O[C@H](CO)[C@@H](O)[C@H](O)[C@H]2O)ccc1Cl. The molecule has 1 heterocycles. The van der Waals surface area contributed by atoms with E-state index in [-0.39, 0.29) is 5.92 Å². The van der Waals surface area contributed by atoms with E-state index in [1.54, 1.807) is 12.1 Å². The second-order valence-electron chi connectivity index (χ2n) is 7.86. The lowest BCUT2D eigenvalue weighted by molar-refractivity contribution is -0.231. The van der Waals surface area contributed by atoms with Crippen molar-refractivity contribution in [1.29, 1.82) is 0 Å². The van der Waals surface area contributed by atoms with Gasteiger partial charge in [-0.2, -0.15) is 0 Å². The van der Waals surface area contributed by atoms with Gasteiger partial charge in [0.15, 0.2) is 0 Å². The largest absolute Gasteiger partial charge is 0.394 e. The summed E-state index contributed by atoms with van der Waals surface area (Å²) in [5, 5.41) is 40.7. The Labute approximate surface area is 180 Å². The third-order valence-electron chi connectivity index (χ3n) is 5.96. The lowest BCUT2D eigenvalue weighted by Crippen LogP contribution is -2.55. The van der Waals surface area contributed by atoms with Crippen molar-refractivity contribution < 1.29 is 25.2 Å². The zero-order valence-corrected chi connectivity index (χ0v) is 17.3. The molecule has 158 valence electrons. The highest BCUT2D eigenvalue weighted by Gasteiger charge is 2.44. The predicted molar refractivity (Wildman–Crippen MR) is 115 cm³/mol. The van der Waals surface area contributed by atoms with Gasteiger partial charge >= 0.3 is 0 Å². The average Bonchev–Trinajstić information content (AvgIpc) is 3.03. The zero-order chi connectivity index (χ0) is 21.4. The van der Waals surface area contributed by atoms with Crippen molar-refractivity contribution in [2.45, 2.75) is 43.4 Å². The highest BCUT2D eigenvalue weighted by atomic mass is 35.5. The predicted octanol–water partition coefficient (Wildman–Crippen LogP) is 3.11. The first-order valence-corrected chi connectivity index (χ1v) is 10.4. The van der Waals surface area contributed by atoms with Crippen LogP contribution in [0, 0.1) is 0 Å². The van der Waals surface area contributed by atoms with Gasteiger partial charge in [0.05, 0.1) is 6.61 Å². The molecule has 1 unspecified atom stereocenters. The van der Waals surface area contributed by atoms with E-state index in [9.17, 15) is 20.4 Å². The van der Waals surface area contributed by atoms with E-state index in [1.807, 2.05) is 24.3 Å². The summed E-state index contributed by atoms with van der Waals surface area (Å²) in [4.78, 5) is 0. The Kier molecular flexibility index (Phi) is 6.11. The van der Waals surface area contributed by atoms with Gasteiger partial charge < -0.3 is 25.2 Å². The number of benzene rings is 1. The number of aliphatic hydroxyl groups is 4. The number of hydrogen-bond acceptors (Lipinski definition) is 5. The molecule has 0 saturated carbocycles. The lowest BCUT2D eigenvalue weighted by atomic mass is 9.88. The molecule has 0 radical (unpaired) electrons. The molecule has 6 atom stereocenters. The minimum absolute atomic E-state index is 0.0138. The normalized spacial score (nSPS) is 27.9. The summed E-state index contributed by atoms with van der Waals surface area (Å²) in [6.07, 6.45) is -5.97. The van der Waals surface area contributed by atoms with Crippen molar-refractivity contribution >= 4 is 11.6 Å². The summed E-state index contributed by atoms with van der Waals surface area (Å²) < 4.78 is 5.70. The molecular formula is C24H25ClO5. The van der Waals surface area contributed by atoms with E-state index < -0.39 is 37.1 Å². The Balaban J connectivity index is 1.68.